The quantitative estimate of drug-likeness (QED) is 0.192. The van der Waals surface area contributed by atoms with Crippen LogP contribution >= 0.6 is 37.2 Å². The maximum Gasteiger partial charge on any atom is 0.305 e. The smallest absolute Gasteiger partial charge is 0.305 e. The highest BCUT2D eigenvalue weighted by atomic mass is 128. The highest BCUT2D eigenvalue weighted by Crippen LogP contribution is 2.08. The third kappa shape index (κ3) is 17.6. The van der Waals surface area contributed by atoms with Crippen molar-refractivity contribution < 1.29 is 34.1 Å². The molecule has 0 saturated carbocycles. The zero-order valence-corrected chi connectivity index (χ0v) is 23.5. The Kier molecular flexibility index (Phi) is 24.7. The molecule has 2 aromatic carbocycles. The topological polar surface area (TPSA) is 118 Å². The maximum absolute atomic E-state index is 11.6. The van der Waals surface area contributed by atoms with Gasteiger partial charge < -0.3 is 14.9 Å². The lowest BCUT2D eigenvalue weighted by atomic mass is 10.1. The minimum absolute atomic E-state index is 0. The number of carboxylic acids is 1. The Bertz CT molecular complexity index is 849. The van der Waals surface area contributed by atoms with Crippen LogP contribution in [0.5, 0.6) is 0 Å². The predicted molar refractivity (Wildman–Crippen MR) is 152 cm³/mol. The number of esters is 1. The number of carbonyl (C=O) groups excluding carboxylic acids is 3. The van der Waals surface area contributed by atoms with Crippen LogP contribution in [0.3, 0.4) is 0 Å². The van der Waals surface area contributed by atoms with E-state index in [2.05, 4.69) is 42.0 Å². The van der Waals surface area contributed by atoms with E-state index in [1.807, 2.05) is 38.1 Å². The molecule has 7 nitrogen and oxygen atoms in total. The van der Waals surface area contributed by atoms with Crippen LogP contribution < -0.4 is 0 Å². The Morgan fingerprint density at radius 1 is 0.706 bits per heavy atom. The second-order valence-corrected chi connectivity index (χ2v) is 6.55. The second-order valence-electron chi connectivity index (χ2n) is 6.55. The van der Waals surface area contributed by atoms with E-state index >= 15 is 0 Å². The van der Waals surface area contributed by atoms with Gasteiger partial charge in [-0.05, 0) is 13.8 Å². The lowest BCUT2D eigenvalue weighted by Gasteiger charge is -2.00. The van der Waals surface area contributed by atoms with Gasteiger partial charge in [0.05, 0.1) is 20.0 Å². The van der Waals surface area contributed by atoms with Crippen LogP contribution in [-0.2, 0) is 14.3 Å². The summed E-state index contributed by atoms with van der Waals surface area (Å²) in [5, 5.41) is 15.4. The lowest BCUT2D eigenvalue weighted by Crippen LogP contribution is -2.05. The molecule has 0 aliphatic rings. The van der Waals surface area contributed by atoms with Crippen molar-refractivity contribution >= 4 is 60.7 Å². The van der Waals surface area contributed by atoms with Crippen LogP contribution in [0.15, 0.2) is 48.5 Å². The van der Waals surface area contributed by atoms with Gasteiger partial charge in [-0.3, -0.25) is 19.2 Å². The molecule has 2 N–H and O–H groups in total. The number of aliphatic hydroxyl groups excluding tert-OH is 1. The lowest BCUT2D eigenvalue weighted by molar-refractivity contribution is -0.140. The molecule has 0 heterocycles. The summed E-state index contributed by atoms with van der Waals surface area (Å²) in [6.45, 7) is 3.90. The average molecular weight is 700 g/mol. The Morgan fingerprint density at radius 3 is 1.32 bits per heavy atom. The van der Waals surface area contributed by atoms with Crippen LogP contribution in [0.2, 0.25) is 0 Å². The summed E-state index contributed by atoms with van der Waals surface area (Å²) >= 11 is 4.24. The molecule has 0 atom stereocenters. The van der Waals surface area contributed by atoms with Gasteiger partial charge in [0.25, 0.3) is 0 Å². The normalized spacial score (nSPS) is 8.68. The molecule has 0 aliphatic carbocycles. The highest BCUT2D eigenvalue weighted by molar-refractivity contribution is 15.0. The minimum Gasteiger partial charge on any atom is -0.481 e. The van der Waals surface area contributed by atoms with Crippen LogP contribution in [0.25, 0.3) is 0 Å². The van der Waals surface area contributed by atoms with Crippen LogP contribution in [0.4, 0.5) is 0 Å². The molecule has 0 bridgehead atoms. The van der Waals surface area contributed by atoms with Gasteiger partial charge in [-0.2, -0.15) is 0 Å². The monoisotopic (exact) mass is 700 g/mol. The molecule has 0 amide bonds. The zero-order valence-electron chi connectivity index (χ0n) is 19.1. The zero-order chi connectivity index (χ0) is 25.8. The number of aryl methyl sites for hydroxylation is 2. The largest absolute Gasteiger partial charge is 0.481 e. The molecule has 0 spiro atoms. The SMILES string of the molecule is C.CO.COC(=O)CCC(=O)c1ccc(C)cc1.Cc1ccc(C(=O)CCC(=O)O)cc1.II. The maximum atomic E-state index is 11.6. The first-order valence-electron chi connectivity index (χ1n) is 9.80. The predicted octanol–water partition coefficient (Wildman–Crippen LogP) is 6.19. The third-order valence-electron chi connectivity index (χ3n) is 4.10. The van der Waals surface area contributed by atoms with Gasteiger partial charge >= 0.3 is 11.9 Å². The molecule has 0 aliphatic heterocycles. The second kappa shape index (κ2) is 22.9. The number of ether oxygens (including phenoxy) is 1. The first kappa shape index (κ1) is 36.7. The Hall–Kier alpha value is -1.86. The Balaban J connectivity index is -0.000000481. The van der Waals surface area contributed by atoms with Gasteiger partial charge in [0, 0.05) is 68.3 Å². The summed E-state index contributed by atoms with van der Waals surface area (Å²) in [5.41, 5.74) is 3.42. The van der Waals surface area contributed by atoms with E-state index in [1.54, 1.807) is 24.3 Å². The van der Waals surface area contributed by atoms with Gasteiger partial charge in [-0.15, -0.1) is 0 Å². The van der Waals surface area contributed by atoms with Crippen molar-refractivity contribution in [3.8, 4) is 0 Å². The van der Waals surface area contributed by atoms with Gasteiger partial charge in [0.15, 0.2) is 11.6 Å². The Labute approximate surface area is 225 Å². The number of carbonyl (C=O) groups is 4. The Morgan fingerprint density at radius 2 is 1.03 bits per heavy atom. The fraction of sp³-hybridized carbons (Fsp3) is 0.360. The minimum atomic E-state index is -0.939. The number of hydrogen-bond donors (Lipinski definition) is 2. The molecular formula is C25H34I2O7. The molecule has 9 heteroatoms. The van der Waals surface area contributed by atoms with Crippen molar-refractivity contribution in [3.63, 3.8) is 0 Å². The van der Waals surface area contributed by atoms with Crippen molar-refractivity contribution in [1.29, 1.82) is 0 Å². The van der Waals surface area contributed by atoms with Crippen molar-refractivity contribution in [2.45, 2.75) is 47.0 Å². The molecule has 190 valence electrons. The number of carboxylic acid groups (broad SMARTS) is 1. The van der Waals surface area contributed by atoms with Crippen molar-refractivity contribution in [2.75, 3.05) is 14.2 Å². The van der Waals surface area contributed by atoms with E-state index in [0.717, 1.165) is 18.2 Å². The van der Waals surface area contributed by atoms with E-state index in [-0.39, 0.29) is 50.6 Å². The van der Waals surface area contributed by atoms with Gasteiger partial charge in [0.1, 0.15) is 0 Å². The number of aliphatic hydroxyl groups is 1. The molecule has 0 saturated heterocycles. The number of ketones is 2. The summed E-state index contributed by atoms with van der Waals surface area (Å²) in [7, 11) is 2.32. The van der Waals surface area contributed by atoms with Crippen molar-refractivity contribution in [3.05, 3.63) is 70.8 Å². The first-order chi connectivity index (χ1) is 15.7. The van der Waals surface area contributed by atoms with Gasteiger partial charge in [-0.25, -0.2) is 0 Å². The summed E-state index contributed by atoms with van der Waals surface area (Å²) < 4.78 is 4.46. The number of rotatable bonds is 8. The van der Waals surface area contributed by atoms with E-state index in [9.17, 15) is 19.2 Å². The molecule has 0 unspecified atom stereocenters. The summed E-state index contributed by atoms with van der Waals surface area (Å²) in [6.07, 6.45) is 0.310. The molecule has 2 aromatic rings. The number of halogens is 2. The molecule has 2 rings (SSSR count). The number of aliphatic carboxylic acids is 1. The van der Waals surface area contributed by atoms with Crippen LogP contribution in [-0.4, -0.2) is 47.9 Å². The number of Topliss-reactive ketones (excluding diaryl/α,β-unsaturated/α-hetero) is 2. The standard InChI is InChI=1S/C12H14O3.C11H12O3.CH4O.CH4.I2/c1-9-3-5-10(6-4-9)11(13)7-8-12(14)15-2;1-8-2-4-9(5-3-8)10(12)6-7-11(13)14;1-2;;1-2/h3-6H,7-8H2,1-2H3;2-5H,6-7H2,1H3,(H,13,14);2H,1H3;1H4;. The number of benzene rings is 2. The van der Waals surface area contributed by atoms with Gasteiger partial charge in [0.2, 0.25) is 0 Å². The number of hydrogen-bond acceptors (Lipinski definition) is 6. The summed E-state index contributed by atoms with van der Waals surface area (Å²) in [6, 6.07) is 14.4. The fourth-order valence-electron chi connectivity index (χ4n) is 2.31. The van der Waals surface area contributed by atoms with E-state index < -0.39 is 5.97 Å². The van der Waals surface area contributed by atoms with Crippen molar-refractivity contribution in [2.24, 2.45) is 0 Å². The van der Waals surface area contributed by atoms with Gasteiger partial charge in [-0.1, -0.05) is 67.1 Å². The van der Waals surface area contributed by atoms with Crippen LogP contribution in [0.1, 0.15) is 65.0 Å². The molecule has 0 fully saturated rings. The van der Waals surface area contributed by atoms with Crippen LogP contribution in [0, 0.1) is 13.8 Å². The average Bonchev–Trinajstić information content (AvgIpc) is 2.84. The molecule has 34 heavy (non-hydrogen) atoms. The van der Waals surface area contributed by atoms with E-state index in [1.165, 1.54) is 7.11 Å². The van der Waals surface area contributed by atoms with E-state index in [4.69, 9.17) is 10.2 Å². The third-order valence-corrected chi connectivity index (χ3v) is 4.10. The van der Waals surface area contributed by atoms with Crippen molar-refractivity contribution in [1.82, 2.24) is 0 Å². The molecular weight excluding hydrogens is 666 g/mol. The molecule has 0 aromatic heterocycles. The summed E-state index contributed by atoms with van der Waals surface area (Å²) in [5.74, 6) is -1.44. The fourth-order valence-corrected chi connectivity index (χ4v) is 2.31. The summed E-state index contributed by atoms with van der Waals surface area (Å²) in [4.78, 5) is 44.0. The van der Waals surface area contributed by atoms with E-state index in [0.29, 0.717) is 11.1 Å². The first-order valence-corrected chi connectivity index (χ1v) is 16.1. The molecule has 0 radical (unpaired) electrons. The number of methoxy groups -OCH3 is 1. The highest BCUT2D eigenvalue weighted by Gasteiger charge is 2.09.